The van der Waals surface area contributed by atoms with E-state index in [0.717, 1.165) is 16.7 Å². The first kappa shape index (κ1) is 7.56. The molecule has 68 valence electrons. The van der Waals surface area contributed by atoms with Gasteiger partial charge in [0, 0.05) is 12.0 Å². The lowest BCUT2D eigenvalue weighted by molar-refractivity contribution is -0.132. The molecule has 2 heteroatoms. The quantitative estimate of drug-likeness (QED) is 0.727. The number of carboxylic acids is 1. The van der Waals surface area contributed by atoms with Crippen molar-refractivity contribution in [1.82, 2.24) is 0 Å². The van der Waals surface area contributed by atoms with Crippen LogP contribution >= 0.6 is 0 Å². The van der Waals surface area contributed by atoms with Crippen LogP contribution in [0, 0.1) is 0 Å². The summed E-state index contributed by atoms with van der Waals surface area (Å²) in [6.07, 6.45) is 2.58. The molecule has 0 aromatic heterocycles. The second-order valence-electron chi connectivity index (χ2n) is 3.59. The van der Waals surface area contributed by atoms with E-state index in [2.05, 4.69) is 0 Å². The maximum Gasteiger partial charge on any atom is 0.332 e. The predicted molar refractivity (Wildman–Crippen MR) is 53.6 cm³/mol. The smallest absolute Gasteiger partial charge is 0.332 e. The van der Waals surface area contributed by atoms with Gasteiger partial charge in [-0.3, -0.25) is 0 Å². The Kier molecular flexibility index (Phi) is 1.27. The summed E-state index contributed by atoms with van der Waals surface area (Å²) in [7, 11) is 0. The fraction of sp³-hybridized carbons (Fsp3) is 0.0833. The summed E-state index contributed by atoms with van der Waals surface area (Å²) >= 11 is 0. The molecule has 2 nitrogen and oxygen atoms in total. The molecular formula is C12H8O2. The van der Waals surface area contributed by atoms with Gasteiger partial charge in [-0.2, -0.15) is 0 Å². The van der Waals surface area contributed by atoms with Crippen molar-refractivity contribution in [1.29, 1.82) is 0 Å². The molecule has 0 heterocycles. The van der Waals surface area contributed by atoms with Gasteiger partial charge in [-0.05, 0) is 28.3 Å². The first-order valence-corrected chi connectivity index (χ1v) is 4.54. The molecule has 1 N–H and O–H groups in total. The summed E-state index contributed by atoms with van der Waals surface area (Å²) in [4.78, 5) is 10.9. The molecule has 0 fully saturated rings. The van der Waals surface area contributed by atoms with Crippen LogP contribution in [0.3, 0.4) is 0 Å². The van der Waals surface area contributed by atoms with Crippen LogP contribution in [0.15, 0.2) is 35.9 Å². The number of carboxylic acid groups (broad SMARTS) is 1. The second kappa shape index (κ2) is 2.35. The van der Waals surface area contributed by atoms with Crippen molar-refractivity contribution < 1.29 is 9.90 Å². The summed E-state index contributed by atoms with van der Waals surface area (Å²) in [5.41, 5.74) is 4.87. The molecule has 1 aromatic rings. The molecule has 0 spiro atoms. The number of benzene rings is 1. The maximum absolute atomic E-state index is 10.9. The molecule has 0 saturated carbocycles. The van der Waals surface area contributed by atoms with Crippen LogP contribution < -0.4 is 0 Å². The summed E-state index contributed by atoms with van der Waals surface area (Å²) in [6.45, 7) is 0. The van der Waals surface area contributed by atoms with Crippen LogP contribution in [0.2, 0.25) is 0 Å². The molecule has 3 rings (SSSR count). The standard InChI is InChI=1S/C12H8O2/c13-12(14)11-6-7-5-10(11)9-4-2-1-3-8(7)9/h1-5H,6H2,(H,13,14). The highest BCUT2D eigenvalue weighted by Gasteiger charge is 2.30. The zero-order chi connectivity index (χ0) is 9.71. The van der Waals surface area contributed by atoms with Crippen molar-refractivity contribution >= 4 is 17.1 Å². The third kappa shape index (κ3) is 0.777. The van der Waals surface area contributed by atoms with E-state index >= 15 is 0 Å². The van der Waals surface area contributed by atoms with Crippen molar-refractivity contribution in [3.8, 4) is 0 Å². The van der Waals surface area contributed by atoms with Crippen molar-refractivity contribution in [2.45, 2.75) is 6.42 Å². The maximum atomic E-state index is 10.9. The number of aliphatic carboxylic acids is 1. The molecule has 0 amide bonds. The normalized spacial score (nSPS) is 17.0. The van der Waals surface area contributed by atoms with E-state index in [9.17, 15) is 4.79 Å². The van der Waals surface area contributed by atoms with Crippen LogP contribution in [0.25, 0.3) is 11.1 Å². The van der Waals surface area contributed by atoms with Gasteiger partial charge in [-0.1, -0.05) is 24.3 Å². The Labute approximate surface area is 81.2 Å². The second-order valence-corrected chi connectivity index (χ2v) is 3.59. The minimum absolute atomic E-state index is 0.540. The molecule has 0 radical (unpaired) electrons. The van der Waals surface area contributed by atoms with Gasteiger partial charge in [0.15, 0.2) is 0 Å². The Morgan fingerprint density at radius 3 is 2.64 bits per heavy atom. The lowest BCUT2D eigenvalue weighted by atomic mass is 9.92. The predicted octanol–water partition coefficient (Wildman–Crippen LogP) is 2.33. The number of fused-ring (bicyclic) bond motifs is 4. The van der Waals surface area contributed by atoms with Gasteiger partial charge in [-0.25, -0.2) is 4.79 Å². The highest BCUT2D eigenvalue weighted by Crippen LogP contribution is 2.46. The van der Waals surface area contributed by atoms with Crippen LogP contribution in [0.5, 0.6) is 0 Å². The molecule has 14 heavy (non-hydrogen) atoms. The van der Waals surface area contributed by atoms with E-state index in [-0.39, 0.29) is 0 Å². The SMILES string of the molecule is O=C(O)C1=C2C=C(C1)c1ccccc12. The lowest BCUT2D eigenvalue weighted by Gasteiger charge is -2.11. The number of hydrogen-bond acceptors (Lipinski definition) is 1. The van der Waals surface area contributed by atoms with Gasteiger partial charge in [0.2, 0.25) is 0 Å². The summed E-state index contributed by atoms with van der Waals surface area (Å²) in [5, 5.41) is 8.97. The molecule has 1 aromatic carbocycles. The average molecular weight is 184 g/mol. The van der Waals surface area contributed by atoms with Gasteiger partial charge >= 0.3 is 5.97 Å². The average Bonchev–Trinajstić information content (AvgIpc) is 2.75. The van der Waals surface area contributed by atoms with E-state index < -0.39 is 5.97 Å². The first-order chi connectivity index (χ1) is 6.77. The molecule has 2 aliphatic carbocycles. The van der Waals surface area contributed by atoms with Crippen molar-refractivity contribution in [2.24, 2.45) is 0 Å². The van der Waals surface area contributed by atoms with E-state index in [1.807, 2.05) is 30.3 Å². The Hall–Kier alpha value is -1.83. The number of allylic oxidation sites excluding steroid dienone is 3. The first-order valence-electron chi connectivity index (χ1n) is 4.54. The zero-order valence-corrected chi connectivity index (χ0v) is 7.45. The molecule has 0 atom stereocenters. The third-order valence-electron chi connectivity index (χ3n) is 2.83. The van der Waals surface area contributed by atoms with Gasteiger partial charge in [0.25, 0.3) is 0 Å². The number of rotatable bonds is 1. The minimum atomic E-state index is -0.791. The highest BCUT2D eigenvalue weighted by atomic mass is 16.4. The number of hydrogen-bond donors (Lipinski definition) is 1. The fourth-order valence-electron chi connectivity index (χ4n) is 2.20. The Morgan fingerprint density at radius 1 is 1.21 bits per heavy atom. The van der Waals surface area contributed by atoms with Crippen molar-refractivity contribution in [3.05, 3.63) is 47.0 Å². The van der Waals surface area contributed by atoms with Gasteiger partial charge in [0.1, 0.15) is 0 Å². The van der Waals surface area contributed by atoms with Gasteiger partial charge in [0.05, 0.1) is 0 Å². The van der Waals surface area contributed by atoms with E-state index in [1.54, 1.807) is 0 Å². The Morgan fingerprint density at radius 2 is 1.93 bits per heavy atom. The topological polar surface area (TPSA) is 37.3 Å². The Bertz CT molecular complexity index is 507. The zero-order valence-electron chi connectivity index (χ0n) is 7.45. The van der Waals surface area contributed by atoms with Crippen LogP contribution in [0.1, 0.15) is 17.5 Å². The number of carbonyl (C=O) groups is 1. The third-order valence-corrected chi connectivity index (χ3v) is 2.83. The Balaban J connectivity index is 2.27. The molecule has 0 saturated heterocycles. The molecule has 2 bridgehead atoms. The van der Waals surface area contributed by atoms with E-state index in [4.69, 9.17) is 5.11 Å². The van der Waals surface area contributed by atoms with Crippen LogP contribution in [-0.4, -0.2) is 11.1 Å². The van der Waals surface area contributed by atoms with Crippen LogP contribution in [0.4, 0.5) is 0 Å². The monoisotopic (exact) mass is 184 g/mol. The minimum Gasteiger partial charge on any atom is -0.478 e. The molecule has 0 aliphatic heterocycles. The van der Waals surface area contributed by atoms with Gasteiger partial charge in [-0.15, -0.1) is 0 Å². The van der Waals surface area contributed by atoms with E-state index in [0.29, 0.717) is 12.0 Å². The lowest BCUT2D eigenvalue weighted by Crippen LogP contribution is -2.04. The molecule has 0 unspecified atom stereocenters. The summed E-state index contributed by atoms with van der Waals surface area (Å²) in [5.74, 6) is -0.791. The van der Waals surface area contributed by atoms with Crippen molar-refractivity contribution in [3.63, 3.8) is 0 Å². The van der Waals surface area contributed by atoms with E-state index in [1.165, 1.54) is 5.56 Å². The van der Waals surface area contributed by atoms with Crippen LogP contribution in [-0.2, 0) is 4.79 Å². The molecular weight excluding hydrogens is 176 g/mol. The van der Waals surface area contributed by atoms with Crippen molar-refractivity contribution in [2.75, 3.05) is 0 Å². The fourth-order valence-corrected chi connectivity index (χ4v) is 2.20. The van der Waals surface area contributed by atoms with Gasteiger partial charge < -0.3 is 5.11 Å². The molecule has 2 aliphatic rings. The largest absolute Gasteiger partial charge is 0.478 e. The summed E-state index contributed by atoms with van der Waals surface area (Å²) in [6, 6.07) is 7.96. The summed E-state index contributed by atoms with van der Waals surface area (Å²) < 4.78 is 0. The highest BCUT2D eigenvalue weighted by molar-refractivity contribution is 6.12.